The van der Waals surface area contributed by atoms with Crippen molar-refractivity contribution in [2.75, 3.05) is 19.6 Å². The van der Waals surface area contributed by atoms with Crippen LogP contribution >= 0.6 is 23.2 Å². The van der Waals surface area contributed by atoms with Crippen LogP contribution in [0.1, 0.15) is 43.0 Å². The Morgan fingerprint density at radius 1 is 1.23 bits per heavy atom. The van der Waals surface area contributed by atoms with Crippen LogP contribution in [0.25, 0.3) is 0 Å². The van der Waals surface area contributed by atoms with Crippen molar-refractivity contribution in [3.63, 3.8) is 0 Å². The molecule has 1 saturated carbocycles. The quantitative estimate of drug-likeness (QED) is 0.702. The molecule has 1 amide bonds. The van der Waals surface area contributed by atoms with E-state index in [1.807, 2.05) is 11.8 Å². The molecular weight excluding hydrogens is 371 g/mol. The maximum Gasteiger partial charge on any atom is 0.254 e. The normalized spacial score (nSPS) is 23.4. The number of halogens is 2. The SMILES string of the molecule is CCCN(C(=O)c1ccc(Cl)c(Cl)c1)C1CC(=O)CCC1N1CC=CC1. The molecule has 1 heterocycles. The highest BCUT2D eigenvalue weighted by molar-refractivity contribution is 6.42. The number of rotatable bonds is 5. The second-order valence-corrected chi connectivity index (χ2v) is 7.78. The molecule has 0 spiro atoms. The van der Waals surface area contributed by atoms with Crippen LogP contribution in [0.15, 0.2) is 30.4 Å². The molecule has 26 heavy (non-hydrogen) atoms. The maximum atomic E-state index is 13.2. The highest BCUT2D eigenvalue weighted by atomic mass is 35.5. The number of hydrogen-bond acceptors (Lipinski definition) is 3. The Morgan fingerprint density at radius 3 is 2.62 bits per heavy atom. The first-order valence-electron chi connectivity index (χ1n) is 9.18. The Labute approximate surface area is 164 Å². The van der Waals surface area contributed by atoms with Crippen molar-refractivity contribution in [2.24, 2.45) is 0 Å². The van der Waals surface area contributed by atoms with Gasteiger partial charge in [-0.25, -0.2) is 0 Å². The summed E-state index contributed by atoms with van der Waals surface area (Å²) in [6.45, 7) is 4.44. The van der Waals surface area contributed by atoms with E-state index in [9.17, 15) is 9.59 Å². The molecular formula is C20H24Cl2N2O2. The van der Waals surface area contributed by atoms with Crippen molar-refractivity contribution in [1.82, 2.24) is 9.80 Å². The minimum Gasteiger partial charge on any atom is -0.334 e. The van der Waals surface area contributed by atoms with Gasteiger partial charge in [0.05, 0.1) is 16.1 Å². The van der Waals surface area contributed by atoms with Crippen molar-refractivity contribution in [3.8, 4) is 0 Å². The number of benzene rings is 1. The minimum absolute atomic E-state index is 0.0812. The average molecular weight is 395 g/mol. The third-order valence-corrected chi connectivity index (χ3v) is 5.95. The molecule has 0 radical (unpaired) electrons. The molecule has 0 bridgehead atoms. The van der Waals surface area contributed by atoms with E-state index in [4.69, 9.17) is 23.2 Å². The first-order chi connectivity index (χ1) is 12.5. The number of ketones is 1. The third-order valence-electron chi connectivity index (χ3n) is 5.21. The highest BCUT2D eigenvalue weighted by Gasteiger charge is 2.39. The molecule has 1 aromatic rings. The van der Waals surface area contributed by atoms with Crippen LogP contribution in [0.4, 0.5) is 0 Å². The first-order valence-corrected chi connectivity index (χ1v) is 9.93. The Bertz CT molecular complexity index is 712. The molecule has 1 aliphatic heterocycles. The molecule has 2 aliphatic rings. The van der Waals surface area contributed by atoms with Gasteiger partial charge in [-0.3, -0.25) is 14.5 Å². The maximum absolute atomic E-state index is 13.2. The fourth-order valence-electron chi connectivity index (χ4n) is 3.94. The van der Waals surface area contributed by atoms with Crippen molar-refractivity contribution >= 4 is 34.9 Å². The number of nitrogens with zero attached hydrogens (tertiary/aromatic N) is 2. The molecule has 6 heteroatoms. The molecule has 0 aromatic heterocycles. The van der Waals surface area contributed by atoms with E-state index in [1.165, 1.54) is 0 Å². The van der Waals surface area contributed by atoms with E-state index in [1.54, 1.807) is 18.2 Å². The number of amides is 1. The fraction of sp³-hybridized carbons (Fsp3) is 0.500. The second-order valence-electron chi connectivity index (χ2n) is 6.97. The van der Waals surface area contributed by atoms with E-state index in [0.717, 1.165) is 25.9 Å². The molecule has 2 unspecified atom stereocenters. The van der Waals surface area contributed by atoms with Crippen LogP contribution in [0, 0.1) is 0 Å². The monoisotopic (exact) mass is 394 g/mol. The van der Waals surface area contributed by atoms with Gasteiger partial charge in [0.2, 0.25) is 0 Å². The van der Waals surface area contributed by atoms with Gasteiger partial charge in [0, 0.05) is 44.1 Å². The van der Waals surface area contributed by atoms with E-state index in [0.29, 0.717) is 35.0 Å². The predicted molar refractivity (Wildman–Crippen MR) is 105 cm³/mol. The van der Waals surface area contributed by atoms with Gasteiger partial charge in [-0.15, -0.1) is 0 Å². The number of carbonyl (C=O) groups is 2. The smallest absolute Gasteiger partial charge is 0.254 e. The summed E-state index contributed by atoms with van der Waals surface area (Å²) >= 11 is 12.1. The van der Waals surface area contributed by atoms with Crippen LogP contribution in [0.3, 0.4) is 0 Å². The van der Waals surface area contributed by atoms with Gasteiger partial charge in [0.25, 0.3) is 5.91 Å². The number of carbonyl (C=O) groups excluding carboxylic acids is 2. The van der Waals surface area contributed by atoms with Crippen molar-refractivity contribution in [3.05, 3.63) is 46.0 Å². The van der Waals surface area contributed by atoms with Gasteiger partial charge in [-0.2, -0.15) is 0 Å². The second kappa shape index (κ2) is 8.55. The Kier molecular flexibility index (Phi) is 6.38. The van der Waals surface area contributed by atoms with E-state index >= 15 is 0 Å². The van der Waals surface area contributed by atoms with Gasteiger partial charge in [-0.05, 0) is 31.0 Å². The highest BCUT2D eigenvalue weighted by Crippen LogP contribution is 2.29. The molecule has 140 valence electrons. The number of Topliss-reactive ketones (excluding diaryl/α,β-unsaturated/α-hetero) is 1. The Morgan fingerprint density at radius 2 is 1.96 bits per heavy atom. The summed E-state index contributed by atoms with van der Waals surface area (Å²) in [4.78, 5) is 29.7. The van der Waals surface area contributed by atoms with Gasteiger partial charge in [0.1, 0.15) is 5.78 Å². The van der Waals surface area contributed by atoms with Gasteiger partial charge in [0.15, 0.2) is 0 Å². The summed E-state index contributed by atoms with van der Waals surface area (Å²) < 4.78 is 0. The first kappa shape index (κ1) is 19.4. The summed E-state index contributed by atoms with van der Waals surface area (Å²) in [5, 5.41) is 0.799. The summed E-state index contributed by atoms with van der Waals surface area (Å²) in [5.74, 6) is 0.156. The van der Waals surface area contributed by atoms with Crippen molar-refractivity contribution < 1.29 is 9.59 Å². The Balaban J connectivity index is 1.88. The van der Waals surface area contributed by atoms with Gasteiger partial charge in [-0.1, -0.05) is 42.3 Å². The molecule has 0 N–H and O–H groups in total. The molecule has 1 aromatic carbocycles. The zero-order valence-electron chi connectivity index (χ0n) is 15.0. The summed E-state index contributed by atoms with van der Waals surface area (Å²) in [6, 6.07) is 5.08. The average Bonchev–Trinajstić information content (AvgIpc) is 3.16. The number of hydrogen-bond donors (Lipinski definition) is 0. The van der Waals surface area contributed by atoms with Gasteiger partial charge < -0.3 is 4.90 Å². The summed E-state index contributed by atoms with van der Waals surface area (Å²) in [7, 11) is 0. The minimum atomic E-state index is -0.0990. The lowest BCUT2D eigenvalue weighted by molar-refractivity contribution is -0.123. The molecule has 1 aliphatic carbocycles. The largest absolute Gasteiger partial charge is 0.334 e. The predicted octanol–water partition coefficient (Wildman–Crippen LogP) is 4.21. The molecule has 2 atom stereocenters. The van der Waals surface area contributed by atoms with E-state index < -0.39 is 0 Å². The lowest BCUT2D eigenvalue weighted by Crippen LogP contribution is -2.56. The van der Waals surface area contributed by atoms with Crippen LogP contribution in [-0.4, -0.2) is 53.2 Å². The van der Waals surface area contributed by atoms with Crippen molar-refractivity contribution in [2.45, 2.75) is 44.7 Å². The van der Waals surface area contributed by atoms with Crippen LogP contribution in [0.2, 0.25) is 10.0 Å². The topological polar surface area (TPSA) is 40.6 Å². The molecule has 1 fully saturated rings. The Hall–Kier alpha value is -1.36. The standard InChI is InChI=1S/C20H24Cl2N2O2/c1-2-9-24(20(26)14-5-7-16(21)17(22)12-14)19-13-15(25)6-8-18(19)23-10-3-4-11-23/h3-5,7,12,18-19H,2,6,8-11,13H2,1H3. The lowest BCUT2D eigenvalue weighted by Gasteiger charge is -2.43. The molecule has 0 saturated heterocycles. The molecule has 3 rings (SSSR count). The molecule has 4 nitrogen and oxygen atoms in total. The lowest BCUT2D eigenvalue weighted by atomic mass is 9.86. The fourth-order valence-corrected chi connectivity index (χ4v) is 4.23. The van der Waals surface area contributed by atoms with Crippen molar-refractivity contribution in [1.29, 1.82) is 0 Å². The van der Waals surface area contributed by atoms with Crippen LogP contribution < -0.4 is 0 Å². The zero-order valence-corrected chi connectivity index (χ0v) is 16.5. The zero-order chi connectivity index (χ0) is 18.7. The summed E-state index contributed by atoms with van der Waals surface area (Å²) in [5.41, 5.74) is 0.518. The summed E-state index contributed by atoms with van der Waals surface area (Å²) in [6.07, 6.45) is 6.96. The van der Waals surface area contributed by atoms with Gasteiger partial charge >= 0.3 is 0 Å². The van der Waals surface area contributed by atoms with E-state index in [-0.39, 0.29) is 23.8 Å². The van der Waals surface area contributed by atoms with Crippen LogP contribution in [-0.2, 0) is 4.79 Å². The third kappa shape index (κ3) is 4.13. The van der Waals surface area contributed by atoms with Crippen LogP contribution in [0.5, 0.6) is 0 Å². The van der Waals surface area contributed by atoms with E-state index in [2.05, 4.69) is 17.1 Å².